The molecular weight excluding hydrogens is 535 g/mol. The summed E-state index contributed by atoms with van der Waals surface area (Å²) in [5, 5.41) is 0. The second-order valence-electron chi connectivity index (χ2n) is 10.0. The molecule has 0 bridgehead atoms. The van der Waals surface area contributed by atoms with E-state index in [1.54, 1.807) is 0 Å². The van der Waals surface area contributed by atoms with E-state index in [-0.39, 0.29) is 0 Å². The van der Waals surface area contributed by atoms with Crippen molar-refractivity contribution < 1.29 is 13.6 Å². The zero-order valence-electron chi connectivity index (χ0n) is 23.0. The second kappa shape index (κ2) is 12.5. The molecule has 0 saturated carbocycles. The summed E-state index contributed by atoms with van der Waals surface area (Å²) < 4.78 is 28.3. The molecule has 0 amide bonds. The quantitative estimate of drug-likeness (QED) is 0.122. The van der Waals surface area contributed by atoms with Crippen molar-refractivity contribution in [3.05, 3.63) is 215 Å². The number of hydrogen-bond acceptors (Lipinski definition) is 3. The van der Waals surface area contributed by atoms with Crippen LogP contribution in [0.3, 0.4) is 0 Å². The minimum absolute atomic E-state index is 0.856. The smallest absolute Gasteiger partial charge is 0.289 e. The highest BCUT2D eigenvalue weighted by atomic mass is 31.1. The highest BCUT2D eigenvalue weighted by Crippen LogP contribution is 2.53. The molecule has 0 spiro atoms. The number of benzene rings is 6. The Kier molecular flexibility index (Phi) is 8.26. The van der Waals surface area contributed by atoms with Crippen molar-refractivity contribution in [2.75, 3.05) is 0 Å². The molecule has 42 heavy (non-hydrogen) atoms. The summed E-state index contributed by atoms with van der Waals surface area (Å²) in [5.74, 6) is 0. The lowest BCUT2D eigenvalue weighted by Crippen LogP contribution is -2.34. The Morgan fingerprint density at radius 1 is 0.310 bits per heavy atom. The molecule has 0 fully saturated rings. The molecule has 0 heterocycles. The molecule has 0 aliphatic carbocycles. The van der Waals surface area contributed by atoms with E-state index < -0.39 is 19.5 Å². The van der Waals surface area contributed by atoms with Crippen molar-refractivity contribution in [1.29, 1.82) is 0 Å². The van der Waals surface area contributed by atoms with Crippen LogP contribution in [0.5, 0.6) is 0 Å². The van der Waals surface area contributed by atoms with E-state index in [0.29, 0.717) is 0 Å². The fraction of sp³-hybridized carbons (Fsp3) is 0.0526. The molecule has 0 unspecified atom stereocenters. The lowest BCUT2D eigenvalue weighted by Gasteiger charge is -2.39. The monoisotopic (exact) mass is 566 g/mol. The van der Waals surface area contributed by atoms with Crippen LogP contribution in [0.25, 0.3) is 0 Å². The maximum absolute atomic E-state index is 14.7. The Hall–Kier alpha value is -4.53. The molecule has 4 heteroatoms. The molecular formula is C38H31O3P. The fourth-order valence-corrected chi connectivity index (χ4v) is 6.91. The standard InChI is InChI=1S/C38H31O3P/c39-42(40-37(31-19-7-1-8-20-31,32-21-9-2-10-22-32)33-23-11-3-12-24-33)41-38(34-25-13-4-14-26-34,35-27-15-5-16-28-35)36-29-17-6-18-30-36/h1-30,42H. The second-order valence-corrected chi connectivity index (χ2v) is 10.9. The lowest BCUT2D eigenvalue weighted by molar-refractivity contribution is 0.0829. The average molecular weight is 567 g/mol. The zero-order valence-corrected chi connectivity index (χ0v) is 24.0. The molecule has 0 N–H and O–H groups in total. The van der Waals surface area contributed by atoms with Crippen LogP contribution in [-0.2, 0) is 24.8 Å². The van der Waals surface area contributed by atoms with Gasteiger partial charge in [-0.2, -0.15) is 0 Å². The van der Waals surface area contributed by atoms with Crippen LogP contribution in [-0.4, -0.2) is 0 Å². The Morgan fingerprint density at radius 2 is 0.476 bits per heavy atom. The van der Waals surface area contributed by atoms with E-state index in [9.17, 15) is 4.57 Å². The summed E-state index contributed by atoms with van der Waals surface area (Å²) in [6.07, 6.45) is 0. The first kappa shape index (κ1) is 27.6. The first-order chi connectivity index (χ1) is 20.7. The van der Waals surface area contributed by atoms with Crippen molar-refractivity contribution in [3.8, 4) is 0 Å². The van der Waals surface area contributed by atoms with Crippen LogP contribution in [0.1, 0.15) is 33.4 Å². The predicted octanol–water partition coefficient (Wildman–Crippen LogP) is 9.39. The summed E-state index contributed by atoms with van der Waals surface area (Å²) in [6.45, 7) is 0. The van der Waals surface area contributed by atoms with Crippen LogP contribution in [0.15, 0.2) is 182 Å². The van der Waals surface area contributed by atoms with Gasteiger partial charge in [0.25, 0.3) is 0 Å². The van der Waals surface area contributed by atoms with Crippen LogP contribution < -0.4 is 0 Å². The van der Waals surface area contributed by atoms with Crippen LogP contribution >= 0.6 is 8.25 Å². The van der Waals surface area contributed by atoms with Crippen molar-refractivity contribution in [1.82, 2.24) is 0 Å². The number of rotatable bonds is 10. The molecule has 0 radical (unpaired) electrons. The van der Waals surface area contributed by atoms with E-state index in [2.05, 4.69) is 0 Å². The van der Waals surface area contributed by atoms with Crippen molar-refractivity contribution in [2.45, 2.75) is 11.2 Å². The van der Waals surface area contributed by atoms with Gasteiger partial charge in [-0.15, -0.1) is 0 Å². The van der Waals surface area contributed by atoms with Crippen molar-refractivity contribution in [2.24, 2.45) is 0 Å². The minimum Gasteiger partial charge on any atom is -0.289 e. The summed E-state index contributed by atoms with van der Waals surface area (Å²) >= 11 is 0. The van der Waals surface area contributed by atoms with Gasteiger partial charge >= 0.3 is 8.25 Å². The van der Waals surface area contributed by atoms with Gasteiger partial charge in [-0.25, -0.2) is 0 Å². The number of hydrogen-bond donors (Lipinski definition) is 0. The van der Waals surface area contributed by atoms with Crippen LogP contribution in [0, 0.1) is 0 Å². The normalized spacial score (nSPS) is 11.8. The molecule has 6 rings (SSSR count). The van der Waals surface area contributed by atoms with Gasteiger partial charge in [-0.3, -0.25) is 13.6 Å². The summed E-state index contributed by atoms with van der Waals surface area (Å²) in [5.41, 5.74) is 2.76. The first-order valence-corrected chi connectivity index (χ1v) is 15.2. The molecule has 6 aromatic rings. The molecule has 0 saturated heterocycles. The minimum atomic E-state index is -3.23. The van der Waals surface area contributed by atoms with Gasteiger partial charge in [0.15, 0.2) is 11.2 Å². The third-order valence-electron chi connectivity index (χ3n) is 7.55. The van der Waals surface area contributed by atoms with Crippen LogP contribution in [0.2, 0.25) is 0 Å². The summed E-state index contributed by atoms with van der Waals surface area (Å²) in [4.78, 5) is 0. The van der Waals surface area contributed by atoms with Gasteiger partial charge in [-0.1, -0.05) is 182 Å². The van der Waals surface area contributed by atoms with Gasteiger partial charge in [-0.05, 0) is 33.4 Å². The first-order valence-electron chi connectivity index (χ1n) is 14.0. The molecule has 6 aromatic carbocycles. The molecule has 0 aliphatic rings. The van der Waals surface area contributed by atoms with E-state index >= 15 is 0 Å². The highest BCUT2D eigenvalue weighted by Gasteiger charge is 2.44. The van der Waals surface area contributed by atoms with Gasteiger partial charge in [0.1, 0.15) is 0 Å². The maximum atomic E-state index is 14.7. The maximum Gasteiger partial charge on any atom is 0.322 e. The molecule has 3 nitrogen and oxygen atoms in total. The van der Waals surface area contributed by atoms with E-state index in [1.807, 2.05) is 182 Å². The van der Waals surface area contributed by atoms with Crippen LogP contribution in [0.4, 0.5) is 0 Å². The Balaban J connectivity index is 1.55. The molecule has 0 aromatic heterocycles. The van der Waals surface area contributed by atoms with Crippen molar-refractivity contribution >= 4 is 8.25 Å². The van der Waals surface area contributed by atoms with Gasteiger partial charge in [0.05, 0.1) is 0 Å². The Morgan fingerprint density at radius 3 is 0.643 bits per heavy atom. The van der Waals surface area contributed by atoms with Gasteiger partial charge in [0.2, 0.25) is 0 Å². The topological polar surface area (TPSA) is 35.5 Å². The third kappa shape index (κ3) is 5.26. The predicted molar refractivity (Wildman–Crippen MR) is 170 cm³/mol. The Bertz CT molecular complexity index is 1390. The largest absolute Gasteiger partial charge is 0.322 e. The zero-order chi connectivity index (χ0) is 28.7. The lowest BCUT2D eigenvalue weighted by atomic mass is 9.80. The van der Waals surface area contributed by atoms with E-state index in [4.69, 9.17) is 9.05 Å². The molecule has 206 valence electrons. The summed E-state index contributed by atoms with van der Waals surface area (Å²) in [6, 6.07) is 59.6. The van der Waals surface area contributed by atoms with Gasteiger partial charge in [0, 0.05) is 0 Å². The molecule has 0 aliphatic heterocycles. The SMILES string of the molecule is O=[PH](OC(c1ccccc1)(c1ccccc1)c1ccccc1)OC(c1ccccc1)(c1ccccc1)c1ccccc1. The van der Waals surface area contributed by atoms with E-state index in [1.165, 1.54) is 0 Å². The summed E-state index contributed by atoms with van der Waals surface area (Å²) in [7, 11) is -3.23. The van der Waals surface area contributed by atoms with Crippen molar-refractivity contribution in [3.63, 3.8) is 0 Å². The van der Waals surface area contributed by atoms with E-state index in [0.717, 1.165) is 33.4 Å². The average Bonchev–Trinajstić information content (AvgIpc) is 3.08. The van der Waals surface area contributed by atoms with Gasteiger partial charge < -0.3 is 0 Å². The molecule has 0 atom stereocenters. The third-order valence-corrected chi connectivity index (χ3v) is 8.50. The highest BCUT2D eigenvalue weighted by molar-refractivity contribution is 7.33. The Labute approximate surface area is 248 Å². The fourth-order valence-electron chi connectivity index (χ4n) is 5.66.